The average molecular weight is 306 g/mol. The summed E-state index contributed by atoms with van der Waals surface area (Å²) in [6, 6.07) is 7.58. The highest BCUT2D eigenvalue weighted by atomic mass is 32.1. The summed E-state index contributed by atoms with van der Waals surface area (Å²) in [4.78, 5) is 14.6. The van der Waals surface area contributed by atoms with E-state index < -0.39 is 0 Å². The van der Waals surface area contributed by atoms with Crippen LogP contribution in [0.1, 0.15) is 24.0 Å². The first-order valence-corrected chi connectivity index (χ1v) is 7.66. The van der Waals surface area contributed by atoms with E-state index in [9.17, 15) is 4.79 Å². The van der Waals surface area contributed by atoms with Crippen molar-refractivity contribution in [2.24, 2.45) is 11.7 Å². The molecule has 1 aliphatic heterocycles. The van der Waals surface area contributed by atoms with Crippen molar-refractivity contribution in [1.82, 2.24) is 4.90 Å². The third-order valence-electron chi connectivity index (χ3n) is 3.96. The Hall–Kier alpha value is -1.46. The Bertz CT molecular complexity index is 494. The highest BCUT2D eigenvalue weighted by molar-refractivity contribution is 7.80. The molecule has 5 heteroatoms. The Kier molecular flexibility index (Phi) is 5.70. The molecule has 1 aromatic rings. The van der Waals surface area contributed by atoms with Crippen molar-refractivity contribution in [2.45, 2.75) is 19.3 Å². The van der Waals surface area contributed by atoms with Crippen molar-refractivity contribution in [2.75, 3.05) is 26.8 Å². The number of carbonyl (C=O) groups excluding carboxylic acids is 1. The van der Waals surface area contributed by atoms with Gasteiger partial charge in [-0.05, 0) is 24.3 Å². The van der Waals surface area contributed by atoms with Gasteiger partial charge < -0.3 is 15.4 Å². The van der Waals surface area contributed by atoms with Crippen LogP contribution in [-0.4, -0.2) is 42.6 Å². The first-order valence-electron chi connectivity index (χ1n) is 7.25. The maximum Gasteiger partial charge on any atom is 0.226 e. The van der Waals surface area contributed by atoms with Crippen LogP contribution in [0.3, 0.4) is 0 Å². The molecule has 4 nitrogen and oxygen atoms in total. The minimum atomic E-state index is 0.189. The summed E-state index contributed by atoms with van der Waals surface area (Å²) in [5.74, 6) is 0.776. The van der Waals surface area contributed by atoms with Crippen molar-refractivity contribution in [3.63, 3.8) is 0 Å². The number of amides is 1. The van der Waals surface area contributed by atoms with E-state index in [1.54, 1.807) is 7.11 Å². The molecular weight excluding hydrogens is 284 g/mol. The Balaban J connectivity index is 1.86. The van der Waals surface area contributed by atoms with E-state index in [2.05, 4.69) is 0 Å². The Labute approximate surface area is 131 Å². The molecule has 2 rings (SSSR count). The molecule has 0 atom stereocenters. The van der Waals surface area contributed by atoms with E-state index in [-0.39, 0.29) is 5.91 Å². The summed E-state index contributed by atoms with van der Waals surface area (Å²) in [6.45, 7) is 2.46. The van der Waals surface area contributed by atoms with E-state index in [4.69, 9.17) is 22.7 Å². The van der Waals surface area contributed by atoms with Crippen LogP contribution in [0.2, 0.25) is 0 Å². The molecule has 0 radical (unpaired) electrons. The zero-order valence-electron chi connectivity index (χ0n) is 12.4. The molecule has 1 amide bonds. The Morgan fingerprint density at radius 3 is 2.48 bits per heavy atom. The second kappa shape index (κ2) is 7.52. The van der Waals surface area contributed by atoms with Crippen LogP contribution < -0.4 is 5.73 Å². The maximum absolute atomic E-state index is 12.3. The van der Waals surface area contributed by atoms with Crippen molar-refractivity contribution in [1.29, 1.82) is 0 Å². The van der Waals surface area contributed by atoms with Gasteiger partial charge in [-0.25, -0.2) is 0 Å². The summed E-state index contributed by atoms with van der Waals surface area (Å²) in [5.41, 5.74) is 7.40. The zero-order chi connectivity index (χ0) is 15.2. The number of hydrogen-bond donors (Lipinski definition) is 1. The minimum Gasteiger partial charge on any atom is -0.389 e. The molecule has 1 saturated heterocycles. The molecule has 2 N–H and O–H groups in total. The van der Waals surface area contributed by atoms with Gasteiger partial charge in [0.25, 0.3) is 0 Å². The lowest BCUT2D eigenvalue weighted by Gasteiger charge is -2.31. The topological polar surface area (TPSA) is 55.6 Å². The van der Waals surface area contributed by atoms with Gasteiger partial charge in [0.1, 0.15) is 4.99 Å². The lowest BCUT2D eigenvalue weighted by molar-refractivity contribution is -0.132. The fourth-order valence-corrected chi connectivity index (χ4v) is 2.79. The largest absolute Gasteiger partial charge is 0.389 e. The van der Waals surface area contributed by atoms with Crippen LogP contribution in [0.15, 0.2) is 24.3 Å². The predicted octanol–water partition coefficient (Wildman–Crippen LogP) is 1.75. The number of nitrogens with two attached hydrogens (primary N) is 1. The zero-order valence-corrected chi connectivity index (χ0v) is 13.2. The molecule has 0 bridgehead atoms. The summed E-state index contributed by atoms with van der Waals surface area (Å²) in [6.07, 6.45) is 2.49. The molecule has 0 aliphatic carbocycles. The second-order valence-electron chi connectivity index (χ2n) is 5.52. The highest BCUT2D eigenvalue weighted by Crippen LogP contribution is 2.18. The number of hydrogen-bond acceptors (Lipinski definition) is 3. The molecule has 21 heavy (non-hydrogen) atoms. The standard InChI is InChI=1S/C16H22N2O2S/c1-20-11-13-6-8-18(9-7-13)15(19)10-12-2-4-14(5-3-12)16(17)21/h2-5,13H,6-11H2,1H3,(H2,17,21). The molecule has 0 unspecified atom stereocenters. The van der Waals surface area contributed by atoms with Gasteiger partial charge in [0.15, 0.2) is 0 Å². The predicted molar refractivity (Wildman–Crippen MR) is 87.2 cm³/mol. The van der Waals surface area contributed by atoms with Crippen LogP contribution in [0.4, 0.5) is 0 Å². The highest BCUT2D eigenvalue weighted by Gasteiger charge is 2.22. The molecule has 1 heterocycles. The van der Waals surface area contributed by atoms with Crippen LogP contribution in [0, 0.1) is 5.92 Å². The molecule has 1 aromatic carbocycles. The van der Waals surface area contributed by atoms with E-state index in [0.717, 1.165) is 43.7 Å². The maximum atomic E-state index is 12.3. The summed E-state index contributed by atoms with van der Waals surface area (Å²) in [5, 5.41) is 0. The molecule has 0 aromatic heterocycles. The van der Waals surface area contributed by atoms with Crippen LogP contribution in [-0.2, 0) is 16.0 Å². The lowest BCUT2D eigenvalue weighted by atomic mass is 9.97. The average Bonchev–Trinajstić information content (AvgIpc) is 2.49. The number of benzene rings is 1. The van der Waals surface area contributed by atoms with Gasteiger partial charge in [-0.15, -0.1) is 0 Å². The van der Waals surface area contributed by atoms with E-state index >= 15 is 0 Å². The van der Waals surface area contributed by atoms with Gasteiger partial charge in [0, 0.05) is 32.4 Å². The first-order chi connectivity index (χ1) is 10.1. The third kappa shape index (κ3) is 4.51. The fourth-order valence-electron chi connectivity index (χ4n) is 2.66. The van der Waals surface area contributed by atoms with Crippen LogP contribution >= 0.6 is 12.2 Å². The molecule has 114 valence electrons. The summed E-state index contributed by atoms with van der Waals surface area (Å²) < 4.78 is 5.18. The SMILES string of the molecule is COCC1CCN(C(=O)Cc2ccc(C(N)=S)cc2)CC1. The molecular formula is C16H22N2O2S. The quantitative estimate of drug-likeness (QED) is 0.842. The Morgan fingerprint density at radius 1 is 1.33 bits per heavy atom. The monoisotopic (exact) mass is 306 g/mol. The summed E-state index contributed by atoms with van der Waals surface area (Å²) >= 11 is 4.92. The van der Waals surface area contributed by atoms with Crippen molar-refractivity contribution >= 4 is 23.1 Å². The van der Waals surface area contributed by atoms with Crippen LogP contribution in [0.25, 0.3) is 0 Å². The fraction of sp³-hybridized carbons (Fsp3) is 0.500. The van der Waals surface area contributed by atoms with Gasteiger partial charge in [0.05, 0.1) is 6.42 Å². The van der Waals surface area contributed by atoms with E-state index in [0.29, 0.717) is 17.3 Å². The molecule has 0 saturated carbocycles. The lowest BCUT2D eigenvalue weighted by Crippen LogP contribution is -2.40. The first kappa shape index (κ1) is 15.9. The number of ether oxygens (including phenoxy) is 1. The number of carbonyl (C=O) groups is 1. The van der Waals surface area contributed by atoms with Crippen molar-refractivity contribution in [3.8, 4) is 0 Å². The molecule has 1 aliphatic rings. The summed E-state index contributed by atoms with van der Waals surface area (Å²) in [7, 11) is 1.73. The van der Waals surface area contributed by atoms with Gasteiger partial charge >= 0.3 is 0 Å². The normalized spacial score (nSPS) is 16.0. The smallest absolute Gasteiger partial charge is 0.226 e. The third-order valence-corrected chi connectivity index (χ3v) is 4.20. The minimum absolute atomic E-state index is 0.189. The molecule has 1 fully saturated rings. The number of rotatable bonds is 5. The number of thiocarbonyl (C=S) groups is 1. The van der Waals surface area contributed by atoms with Crippen LogP contribution in [0.5, 0.6) is 0 Å². The second-order valence-corrected chi connectivity index (χ2v) is 5.96. The van der Waals surface area contributed by atoms with Gasteiger partial charge in [0.2, 0.25) is 5.91 Å². The molecule has 0 spiro atoms. The Morgan fingerprint density at radius 2 is 1.95 bits per heavy atom. The van der Waals surface area contributed by atoms with E-state index in [1.807, 2.05) is 29.2 Å². The van der Waals surface area contributed by atoms with Gasteiger partial charge in [-0.1, -0.05) is 36.5 Å². The van der Waals surface area contributed by atoms with Crippen molar-refractivity contribution < 1.29 is 9.53 Å². The number of methoxy groups -OCH3 is 1. The van der Waals surface area contributed by atoms with Crippen molar-refractivity contribution in [3.05, 3.63) is 35.4 Å². The number of nitrogens with zero attached hydrogens (tertiary/aromatic N) is 1. The van der Waals surface area contributed by atoms with Gasteiger partial charge in [-0.2, -0.15) is 0 Å². The number of piperidine rings is 1. The van der Waals surface area contributed by atoms with E-state index in [1.165, 1.54) is 0 Å². The number of likely N-dealkylation sites (tertiary alicyclic amines) is 1. The van der Waals surface area contributed by atoms with Gasteiger partial charge in [-0.3, -0.25) is 4.79 Å².